The van der Waals surface area contributed by atoms with Crippen molar-refractivity contribution in [2.45, 2.75) is 13.5 Å². The topological polar surface area (TPSA) is 81.0 Å². The van der Waals surface area contributed by atoms with E-state index in [9.17, 15) is 13.9 Å². The molecule has 1 aromatic carbocycles. The molecule has 0 bridgehead atoms. The van der Waals surface area contributed by atoms with Gasteiger partial charge in [-0.25, -0.2) is 15.0 Å². The molecule has 0 unspecified atom stereocenters. The maximum atomic E-state index is 12.4. The molecule has 27 heavy (non-hydrogen) atoms. The number of halogens is 2. The number of thiazole rings is 1. The molecule has 0 aliphatic heterocycles. The number of rotatable bonds is 4. The molecule has 0 atom stereocenters. The van der Waals surface area contributed by atoms with E-state index in [1.54, 1.807) is 24.5 Å². The first-order valence-electron chi connectivity index (χ1n) is 7.82. The van der Waals surface area contributed by atoms with E-state index in [1.807, 2.05) is 13.0 Å². The van der Waals surface area contributed by atoms with Gasteiger partial charge in [-0.2, -0.15) is 8.78 Å². The van der Waals surface area contributed by atoms with E-state index in [0.717, 1.165) is 21.6 Å². The Morgan fingerprint density at radius 3 is 2.70 bits per heavy atom. The number of benzene rings is 1. The lowest BCUT2D eigenvalue weighted by atomic mass is 10.1. The van der Waals surface area contributed by atoms with Crippen molar-refractivity contribution in [1.29, 1.82) is 0 Å². The van der Waals surface area contributed by atoms with Crippen LogP contribution in [0.5, 0.6) is 11.6 Å². The van der Waals surface area contributed by atoms with Crippen LogP contribution in [-0.2, 0) is 0 Å². The molecule has 3 heterocycles. The fourth-order valence-corrected chi connectivity index (χ4v) is 3.57. The highest BCUT2D eigenvalue weighted by molar-refractivity contribution is 7.18. The van der Waals surface area contributed by atoms with Gasteiger partial charge in [0.15, 0.2) is 0 Å². The number of aromatic hydroxyl groups is 1. The zero-order valence-corrected chi connectivity index (χ0v) is 14.7. The van der Waals surface area contributed by atoms with Crippen molar-refractivity contribution in [1.82, 2.24) is 19.9 Å². The summed E-state index contributed by atoms with van der Waals surface area (Å²) in [4.78, 5) is 17.6. The Morgan fingerprint density at radius 2 is 1.93 bits per heavy atom. The molecule has 4 rings (SSSR count). The number of nitrogens with zero attached hydrogens (tertiary/aromatic N) is 4. The summed E-state index contributed by atoms with van der Waals surface area (Å²) in [5.41, 5.74) is 3.35. The normalized spacial score (nSPS) is 11.3. The zero-order valence-electron chi connectivity index (χ0n) is 13.9. The molecule has 0 amide bonds. The highest BCUT2D eigenvalue weighted by atomic mass is 32.1. The van der Waals surface area contributed by atoms with Gasteiger partial charge in [0.1, 0.15) is 10.8 Å². The lowest BCUT2D eigenvalue weighted by molar-refractivity contribution is -0.0528. The van der Waals surface area contributed by atoms with Crippen molar-refractivity contribution in [3.8, 4) is 32.6 Å². The van der Waals surface area contributed by atoms with Crippen molar-refractivity contribution >= 4 is 22.4 Å². The molecule has 0 saturated heterocycles. The molecule has 0 fully saturated rings. The average molecular weight is 386 g/mol. The molecule has 9 heteroatoms. The van der Waals surface area contributed by atoms with E-state index in [4.69, 9.17) is 0 Å². The third kappa shape index (κ3) is 3.54. The average Bonchev–Trinajstić information content (AvgIpc) is 3.10. The van der Waals surface area contributed by atoms with Gasteiger partial charge in [-0.15, -0.1) is 11.3 Å². The summed E-state index contributed by atoms with van der Waals surface area (Å²) in [6.07, 6.45) is 5.85. The lowest BCUT2D eigenvalue weighted by Crippen LogP contribution is -2.04. The molecular formula is C18H12F2N4O2S. The number of aromatic nitrogens is 4. The first kappa shape index (κ1) is 17.2. The van der Waals surface area contributed by atoms with E-state index in [1.165, 1.54) is 23.7 Å². The van der Waals surface area contributed by atoms with Crippen LogP contribution in [0.25, 0.3) is 32.0 Å². The second kappa shape index (κ2) is 6.84. The van der Waals surface area contributed by atoms with Crippen molar-refractivity contribution in [2.24, 2.45) is 0 Å². The summed E-state index contributed by atoms with van der Waals surface area (Å²) < 4.78 is 29.2. The molecule has 0 aliphatic carbocycles. The molecule has 0 aliphatic rings. The van der Waals surface area contributed by atoms with Crippen LogP contribution < -0.4 is 4.74 Å². The third-order valence-electron chi connectivity index (χ3n) is 3.72. The SMILES string of the molecule is Cc1cc(-c2ncc(-c3cncc(O)c3)s2)c2ncc(OC(F)F)nc2c1. The molecule has 0 spiro atoms. The molecule has 1 N–H and O–H groups in total. The summed E-state index contributed by atoms with van der Waals surface area (Å²) in [7, 11) is 0. The largest absolute Gasteiger partial charge is 0.506 e. The predicted octanol–water partition coefficient (Wildman–Crippen LogP) is 4.43. The lowest BCUT2D eigenvalue weighted by Gasteiger charge is -2.07. The van der Waals surface area contributed by atoms with Gasteiger partial charge in [-0.1, -0.05) is 0 Å². The summed E-state index contributed by atoms with van der Waals surface area (Å²) in [5.74, 6) is -0.166. The quantitative estimate of drug-likeness (QED) is 0.559. The minimum Gasteiger partial charge on any atom is -0.506 e. The number of aryl methyl sites for hydroxylation is 1. The third-order valence-corrected chi connectivity index (χ3v) is 4.80. The van der Waals surface area contributed by atoms with Crippen molar-refractivity contribution in [2.75, 3.05) is 0 Å². The van der Waals surface area contributed by atoms with Crippen LogP contribution in [0, 0.1) is 6.92 Å². The number of fused-ring (bicyclic) bond motifs is 1. The maximum Gasteiger partial charge on any atom is 0.388 e. The van der Waals surface area contributed by atoms with Gasteiger partial charge in [0.25, 0.3) is 0 Å². The van der Waals surface area contributed by atoms with Crippen LogP contribution in [0.1, 0.15) is 5.56 Å². The fraction of sp³-hybridized carbons (Fsp3) is 0.111. The Hall–Kier alpha value is -3.20. The van der Waals surface area contributed by atoms with Crippen molar-refractivity contribution < 1.29 is 18.6 Å². The van der Waals surface area contributed by atoms with E-state index < -0.39 is 6.61 Å². The van der Waals surface area contributed by atoms with Gasteiger partial charge in [0.2, 0.25) is 5.88 Å². The number of alkyl halides is 2. The molecule has 0 radical (unpaired) electrons. The van der Waals surface area contributed by atoms with Crippen LogP contribution in [0.2, 0.25) is 0 Å². The van der Waals surface area contributed by atoms with Gasteiger partial charge in [-0.05, 0) is 30.7 Å². The Bertz CT molecular complexity index is 1130. The molecule has 6 nitrogen and oxygen atoms in total. The van der Waals surface area contributed by atoms with Gasteiger partial charge >= 0.3 is 6.61 Å². The highest BCUT2D eigenvalue weighted by Gasteiger charge is 2.15. The molecule has 136 valence electrons. The molecule has 3 aromatic heterocycles. The summed E-state index contributed by atoms with van der Waals surface area (Å²) in [5, 5.41) is 10.3. The Morgan fingerprint density at radius 1 is 1.07 bits per heavy atom. The van der Waals surface area contributed by atoms with Crippen LogP contribution >= 0.6 is 11.3 Å². The van der Waals surface area contributed by atoms with E-state index >= 15 is 0 Å². The highest BCUT2D eigenvalue weighted by Crippen LogP contribution is 2.36. The van der Waals surface area contributed by atoms with Crippen LogP contribution in [-0.4, -0.2) is 31.7 Å². The van der Waals surface area contributed by atoms with E-state index in [0.29, 0.717) is 16.0 Å². The van der Waals surface area contributed by atoms with Crippen molar-refractivity contribution in [3.05, 3.63) is 48.5 Å². The van der Waals surface area contributed by atoms with Gasteiger partial charge in [0, 0.05) is 23.5 Å². The Kier molecular flexibility index (Phi) is 4.36. The number of ether oxygens (including phenoxy) is 1. The van der Waals surface area contributed by atoms with Crippen LogP contribution in [0.15, 0.2) is 43.0 Å². The first-order valence-corrected chi connectivity index (χ1v) is 8.64. The van der Waals surface area contributed by atoms with Crippen LogP contribution in [0.4, 0.5) is 8.78 Å². The second-order valence-corrected chi connectivity index (χ2v) is 6.76. The minimum atomic E-state index is -2.96. The molecule has 4 aromatic rings. The standard InChI is InChI=1S/C18H12F2N4O2S/c1-9-2-12(16-13(3-9)24-15(8-22-16)26-18(19)20)17-23-7-14(27-17)10-4-11(25)6-21-5-10/h2-8,18,25H,1H3. The zero-order chi connectivity index (χ0) is 19.0. The van der Waals surface area contributed by atoms with Gasteiger partial charge in [0.05, 0.1) is 28.3 Å². The number of hydrogen-bond acceptors (Lipinski definition) is 7. The molecule has 0 saturated carbocycles. The maximum absolute atomic E-state index is 12.4. The predicted molar refractivity (Wildman–Crippen MR) is 96.9 cm³/mol. The minimum absolute atomic E-state index is 0.0703. The monoisotopic (exact) mass is 386 g/mol. The van der Waals surface area contributed by atoms with E-state index in [2.05, 4.69) is 24.7 Å². The van der Waals surface area contributed by atoms with Gasteiger partial charge in [-0.3, -0.25) is 4.98 Å². The van der Waals surface area contributed by atoms with Gasteiger partial charge < -0.3 is 9.84 Å². The van der Waals surface area contributed by atoms with Crippen LogP contribution in [0.3, 0.4) is 0 Å². The first-order chi connectivity index (χ1) is 13.0. The fourth-order valence-electron chi connectivity index (χ4n) is 2.65. The Labute approximate surface area is 156 Å². The number of pyridine rings is 1. The summed E-state index contributed by atoms with van der Waals surface area (Å²) >= 11 is 1.40. The smallest absolute Gasteiger partial charge is 0.388 e. The van der Waals surface area contributed by atoms with E-state index in [-0.39, 0.29) is 11.6 Å². The summed E-state index contributed by atoms with van der Waals surface area (Å²) in [6, 6.07) is 5.26. The second-order valence-electron chi connectivity index (χ2n) is 5.73. The molecular weight excluding hydrogens is 374 g/mol. The number of hydrogen-bond donors (Lipinski definition) is 1. The summed E-state index contributed by atoms with van der Waals surface area (Å²) in [6.45, 7) is -1.09. The Balaban J connectivity index is 1.79. The van der Waals surface area contributed by atoms with Crippen molar-refractivity contribution in [3.63, 3.8) is 0 Å².